The number of carbonyl (C=O) groups is 2. The molecule has 202 valence electrons. The first-order chi connectivity index (χ1) is 19.5. The molecule has 0 aliphatic carbocycles. The normalized spacial score (nSPS) is 10.8. The minimum Gasteiger partial charge on any atom is -0.495 e. The van der Waals surface area contributed by atoms with Crippen LogP contribution in [0.2, 0.25) is 0 Å². The Balaban J connectivity index is 1.28. The molecule has 40 heavy (non-hydrogen) atoms. The van der Waals surface area contributed by atoms with Crippen molar-refractivity contribution in [3.8, 4) is 22.8 Å². The Kier molecular flexibility index (Phi) is 8.26. The number of nitrogens with one attached hydrogen (secondary N) is 2. The fourth-order valence-corrected chi connectivity index (χ4v) is 4.93. The van der Waals surface area contributed by atoms with E-state index in [0.717, 1.165) is 16.8 Å². The van der Waals surface area contributed by atoms with Gasteiger partial charge in [0.1, 0.15) is 5.75 Å². The Hall–Kier alpha value is -4.83. The van der Waals surface area contributed by atoms with Crippen LogP contribution in [-0.4, -0.2) is 39.4 Å². The maximum absolute atomic E-state index is 12.9. The largest absolute Gasteiger partial charge is 0.495 e. The molecule has 5 aromatic rings. The van der Waals surface area contributed by atoms with Crippen molar-refractivity contribution >= 4 is 35.0 Å². The molecule has 0 saturated heterocycles. The van der Waals surface area contributed by atoms with Crippen molar-refractivity contribution in [2.45, 2.75) is 18.5 Å². The number of nitrogens with zero attached hydrogens (tertiary/aromatic N) is 3. The van der Waals surface area contributed by atoms with Gasteiger partial charge in [-0.15, -0.1) is 10.2 Å². The molecular weight excluding hydrogens is 526 g/mol. The van der Waals surface area contributed by atoms with Crippen LogP contribution >= 0.6 is 11.8 Å². The number of carbonyl (C=O) groups excluding carboxylic acids is 2. The van der Waals surface area contributed by atoms with Gasteiger partial charge in [0.05, 0.1) is 19.1 Å². The maximum atomic E-state index is 12.9. The Morgan fingerprint density at radius 3 is 2.52 bits per heavy atom. The number of furan rings is 1. The van der Waals surface area contributed by atoms with Gasteiger partial charge in [0.2, 0.25) is 5.91 Å². The van der Waals surface area contributed by atoms with Crippen LogP contribution in [0.5, 0.6) is 5.75 Å². The van der Waals surface area contributed by atoms with Gasteiger partial charge in [-0.3, -0.25) is 14.2 Å². The third kappa shape index (κ3) is 6.08. The predicted octanol–water partition coefficient (Wildman–Crippen LogP) is 6.22. The molecule has 10 heteroatoms. The second kappa shape index (κ2) is 12.4. The average Bonchev–Trinajstić information content (AvgIpc) is 3.66. The highest BCUT2D eigenvalue weighted by Gasteiger charge is 2.19. The fraction of sp³-hybridized carbons (Fsp3) is 0.133. The van der Waals surface area contributed by atoms with E-state index in [2.05, 4.69) is 20.8 Å². The predicted molar refractivity (Wildman–Crippen MR) is 155 cm³/mol. The zero-order chi connectivity index (χ0) is 27.9. The topological polar surface area (TPSA) is 111 Å². The lowest BCUT2D eigenvalue weighted by Crippen LogP contribution is -2.15. The van der Waals surface area contributed by atoms with Gasteiger partial charge in [-0.25, -0.2) is 0 Å². The van der Waals surface area contributed by atoms with Crippen LogP contribution in [0.3, 0.4) is 0 Å². The lowest BCUT2D eigenvalue weighted by atomic mass is 10.1. The minimum absolute atomic E-state index is 0.156. The molecule has 0 radical (unpaired) electrons. The number of aryl methyl sites for hydroxylation is 1. The highest BCUT2D eigenvalue weighted by molar-refractivity contribution is 7.99. The Morgan fingerprint density at radius 1 is 0.950 bits per heavy atom. The number of aromatic nitrogens is 3. The summed E-state index contributed by atoms with van der Waals surface area (Å²) in [7, 11) is 1.63. The molecule has 2 heterocycles. The van der Waals surface area contributed by atoms with Gasteiger partial charge >= 0.3 is 0 Å². The summed E-state index contributed by atoms with van der Waals surface area (Å²) in [5, 5.41) is 15.3. The van der Waals surface area contributed by atoms with E-state index in [0.29, 0.717) is 33.9 Å². The number of anilines is 2. The zero-order valence-electron chi connectivity index (χ0n) is 22.0. The average molecular weight is 554 g/mol. The standard InChI is InChI=1S/C30H27N5O4S/c1-20-14-15-22(31-29(37)26-13-8-17-39-26)19-23(20)32-27(36)16-18-40-30-34-33-28(21-9-4-3-5-10-21)35(30)24-11-6-7-12-25(24)38-2/h3-15,17,19H,16,18H2,1-2H3,(H,31,37)(H,32,36). The number of ether oxygens (including phenoxy) is 1. The quantitative estimate of drug-likeness (QED) is 0.198. The molecule has 0 bridgehead atoms. The van der Waals surface area contributed by atoms with E-state index in [9.17, 15) is 9.59 Å². The molecule has 2 aromatic heterocycles. The number of benzene rings is 3. The summed E-state index contributed by atoms with van der Waals surface area (Å²) in [6.45, 7) is 1.89. The van der Waals surface area contributed by atoms with Gasteiger partial charge in [0, 0.05) is 29.1 Å². The summed E-state index contributed by atoms with van der Waals surface area (Å²) < 4.78 is 12.7. The van der Waals surface area contributed by atoms with Crippen molar-refractivity contribution in [2.24, 2.45) is 0 Å². The second-order valence-electron chi connectivity index (χ2n) is 8.79. The molecule has 0 aliphatic heterocycles. The van der Waals surface area contributed by atoms with E-state index in [-0.39, 0.29) is 24.0 Å². The highest BCUT2D eigenvalue weighted by atomic mass is 32.2. The van der Waals surface area contributed by atoms with Crippen LogP contribution < -0.4 is 15.4 Å². The van der Waals surface area contributed by atoms with E-state index in [1.54, 1.807) is 31.4 Å². The van der Waals surface area contributed by atoms with E-state index >= 15 is 0 Å². The van der Waals surface area contributed by atoms with Gasteiger partial charge in [0.25, 0.3) is 5.91 Å². The first kappa shape index (κ1) is 26.8. The van der Waals surface area contributed by atoms with Crippen LogP contribution in [0.1, 0.15) is 22.5 Å². The van der Waals surface area contributed by atoms with E-state index in [1.165, 1.54) is 18.0 Å². The number of rotatable bonds is 10. The zero-order valence-corrected chi connectivity index (χ0v) is 22.8. The van der Waals surface area contributed by atoms with Crippen LogP contribution in [0, 0.1) is 6.92 Å². The third-order valence-corrected chi connectivity index (χ3v) is 7.00. The van der Waals surface area contributed by atoms with Crippen LogP contribution in [0.15, 0.2) is 101 Å². The molecule has 5 rings (SSSR count). The maximum Gasteiger partial charge on any atom is 0.291 e. The van der Waals surface area contributed by atoms with Gasteiger partial charge < -0.3 is 19.8 Å². The van der Waals surface area contributed by atoms with Crippen molar-refractivity contribution in [2.75, 3.05) is 23.5 Å². The molecule has 0 spiro atoms. The van der Waals surface area contributed by atoms with Crippen molar-refractivity contribution in [1.82, 2.24) is 14.8 Å². The van der Waals surface area contributed by atoms with E-state index in [4.69, 9.17) is 9.15 Å². The molecule has 9 nitrogen and oxygen atoms in total. The number of hydrogen-bond acceptors (Lipinski definition) is 7. The molecule has 0 atom stereocenters. The summed E-state index contributed by atoms with van der Waals surface area (Å²) in [6.07, 6.45) is 1.68. The number of amides is 2. The summed E-state index contributed by atoms with van der Waals surface area (Å²) in [4.78, 5) is 25.2. The molecule has 3 aromatic carbocycles. The summed E-state index contributed by atoms with van der Waals surface area (Å²) in [5.41, 5.74) is 3.77. The van der Waals surface area contributed by atoms with Crippen molar-refractivity contribution < 1.29 is 18.7 Å². The molecule has 0 unspecified atom stereocenters. The number of para-hydroxylation sites is 2. The molecule has 2 amide bonds. The van der Waals surface area contributed by atoms with Gasteiger partial charge in [0.15, 0.2) is 16.7 Å². The summed E-state index contributed by atoms with van der Waals surface area (Å²) >= 11 is 1.44. The monoisotopic (exact) mass is 553 g/mol. The van der Waals surface area contributed by atoms with Crippen LogP contribution in [0.4, 0.5) is 11.4 Å². The number of methoxy groups -OCH3 is 1. The summed E-state index contributed by atoms with van der Waals surface area (Å²) in [6, 6.07) is 26.1. The summed E-state index contributed by atoms with van der Waals surface area (Å²) in [5.74, 6) is 1.53. The first-order valence-corrected chi connectivity index (χ1v) is 13.5. The van der Waals surface area contributed by atoms with E-state index < -0.39 is 0 Å². The Bertz CT molecular complexity index is 1620. The smallest absolute Gasteiger partial charge is 0.291 e. The van der Waals surface area contributed by atoms with Crippen molar-refractivity contribution in [1.29, 1.82) is 0 Å². The van der Waals surface area contributed by atoms with Gasteiger partial charge in [-0.2, -0.15) is 0 Å². The van der Waals surface area contributed by atoms with Gasteiger partial charge in [-0.1, -0.05) is 60.3 Å². The van der Waals surface area contributed by atoms with Crippen molar-refractivity contribution in [3.63, 3.8) is 0 Å². The lowest BCUT2D eigenvalue weighted by Gasteiger charge is -2.14. The molecule has 0 saturated carbocycles. The second-order valence-corrected chi connectivity index (χ2v) is 9.85. The molecule has 0 aliphatic rings. The lowest BCUT2D eigenvalue weighted by molar-refractivity contribution is -0.115. The SMILES string of the molecule is COc1ccccc1-n1c(SCCC(=O)Nc2cc(NC(=O)c3ccco3)ccc2C)nnc1-c1ccccc1. The molecular formula is C30H27N5O4S. The molecule has 2 N–H and O–H groups in total. The van der Waals surface area contributed by atoms with Gasteiger partial charge in [-0.05, 0) is 48.9 Å². The number of thioether (sulfide) groups is 1. The van der Waals surface area contributed by atoms with Crippen molar-refractivity contribution in [3.05, 3.63) is 103 Å². The number of hydrogen-bond donors (Lipinski definition) is 2. The Morgan fingerprint density at radius 2 is 1.75 bits per heavy atom. The minimum atomic E-state index is -0.364. The third-order valence-electron chi connectivity index (χ3n) is 6.07. The first-order valence-electron chi connectivity index (χ1n) is 12.6. The Labute approximate surface area is 235 Å². The van der Waals surface area contributed by atoms with Crippen LogP contribution in [-0.2, 0) is 4.79 Å². The highest BCUT2D eigenvalue weighted by Crippen LogP contribution is 2.32. The van der Waals surface area contributed by atoms with E-state index in [1.807, 2.05) is 72.2 Å². The fourth-order valence-electron chi connectivity index (χ4n) is 4.05. The molecule has 0 fully saturated rings. The van der Waals surface area contributed by atoms with Crippen LogP contribution in [0.25, 0.3) is 17.1 Å².